The van der Waals surface area contributed by atoms with Crippen LogP contribution in [0.15, 0.2) is 53.3 Å². The van der Waals surface area contributed by atoms with Crippen molar-refractivity contribution in [3.8, 4) is 28.0 Å². The maximum absolute atomic E-state index is 13.4. The molecule has 4 heterocycles. The fourth-order valence-corrected chi connectivity index (χ4v) is 5.79. The molecule has 3 atom stereocenters. The number of halogens is 1. The van der Waals surface area contributed by atoms with E-state index in [2.05, 4.69) is 9.97 Å². The summed E-state index contributed by atoms with van der Waals surface area (Å²) in [6.45, 7) is 6.91. The van der Waals surface area contributed by atoms with Crippen LogP contribution in [0.25, 0.3) is 22.2 Å². The number of oxazole rings is 1. The normalized spacial score (nSPS) is 20.7. The lowest BCUT2D eigenvalue weighted by Gasteiger charge is -2.22. The molecular weight excluding hydrogens is 493 g/mol. The summed E-state index contributed by atoms with van der Waals surface area (Å²) in [7, 11) is 0. The predicted octanol–water partition coefficient (Wildman–Crippen LogP) is 4.65. The molecule has 1 aliphatic heterocycles. The Morgan fingerprint density at radius 2 is 1.92 bits per heavy atom. The average Bonchev–Trinajstić information content (AvgIpc) is 3.36. The molecule has 0 bridgehead atoms. The van der Waals surface area contributed by atoms with Gasteiger partial charge in [0.25, 0.3) is 11.8 Å². The van der Waals surface area contributed by atoms with Crippen LogP contribution in [-0.2, 0) is 5.54 Å². The minimum Gasteiger partial charge on any atom is -0.474 e. The van der Waals surface area contributed by atoms with Gasteiger partial charge in [-0.25, -0.2) is 19.3 Å². The summed E-state index contributed by atoms with van der Waals surface area (Å²) in [5, 5.41) is 0.599. The molecule has 10 heteroatoms. The van der Waals surface area contributed by atoms with Gasteiger partial charge in [0, 0.05) is 42.1 Å². The first-order chi connectivity index (χ1) is 17.7. The highest BCUT2D eigenvalue weighted by molar-refractivity contribution is 7.17. The molecule has 37 heavy (non-hydrogen) atoms. The molecule has 1 saturated heterocycles. The van der Waals surface area contributed by atoms with Crippen molar-refractivity contribution in [2.24, 2.45) is 17.6 Å². The topological polar surface area (TPSA) is 107 Å². The molecule has 0 spiro atoms. The largest absolute Gasteiger partial charge is 0.474 e. The van der Waals surface area contributed by atoms with Crippen molar-refractivity contribution < 1.29 is 18.3 Å². The number of nitrogens with two attached hydrogens (primary N) is 1. The second-order valence-corrected chi connectivity index (χ2v) is 11.2. The third kappa shape index (κ3) is 4.51. The van der Waals surface area contributed by atoms with E-state index in [4.69, 9.17) is 19.9 Å². The summed E-state index contributed by atoms with van der Waals surface area (Å²) in [5.74, 6) is 1.06. The number of nitrogens with zero attached hydrogens (tertiary/aromatic N) is 4. The maximum Gasteiger partial charge on any atom is 0.265 e. The molecule has 1 amide bonds. The predicted molar refractivity (Wildman–Crippen MR) is 136 cm³/mol. The van der Waals surface area contributed by atoms with Crippen LogP contribution in [0.2, 0.25) is 0 Å². The number of thiazole rings is 1. The third-order valence-corrected chi connectivity index (χ3v) is 8.08. The molecule has 4 aromatic rings. The zero-order valence-electron chi connectivity index (χ0n) is 20.6. The summed E-state index contributed by atoms with van der Waals surface area (Å²) in [6.07, 6.45) is 3.03. The summed E-state index contributed by atoms with van der Waals surface area (Å²) in [5.41, 5.74) is 8.80. The Bertz CT molecular complexity index is 1450. The number of pyridine rings is 1. The molecular formula is C27H26FN5O3S. The number of fused-ring (bicyclic) bond motifs is 1. The summed E-state index contributed by atoms with van der Waals surface area (Å²) in [4.78, 5) is 29.0. The minimum absolute atomic E-state index is 0.0146. The second kappa shape index (κ2) is 8.74. The van der Waals surface area contributed by atoms with Crippen molar-refractivity contribution in [1.29, 1.82) is 0 Å². The Balaban J connectivity index is 1.16. The van der Waals surface area contributed by atoms with Crippen LogP contribution >= 0.6 is 11.3 Å². The van der Waals surface area contributed by atoms with E-state index in [1.165, 1.54) is 29.7 Å². The van der Waals surface area contributed by atoms with Crippen molar-refractivity contribution in [1.82, 2.24) is 19.9 Å². The lowest BCUT2D eigenvalue weighted by atomic mass is 9.95. The Morgan fingerprint density at radius 1 is 1.19 bits per heavy atom. The van der Waals surface area contributed by atoms with Crippen LogP contribution in [0.5, 0.6) is 5.88 Å². The number of likely N-dealkylation sites (tertiary alicyclic amines) is 1. The number of carbonyl (C=O) groups is 1. The lowest BCUT2D eigenvalue weighted by molar-refractivity contribution is 0.0755. The number of aromatic nitrogens is 3. The first-order valence-corrected chi connectivity index (χ1v) is 12.9. The Hall–Kier alpha value is -3.63. The first kappa shape index (κ1) is 23.7. The highest BCUT2D eigenvalue weighted by atomic mass is 32.1. The van der Waals surface area contributed by atoms with Crippen LogP contribution in [0.1, 0.15) is 34.8 Å². The number of hydrogen-bond acceptors (Lipinski definition) is 8. The van der Waals surface area contributed by atoms with Crippen molar-refractivity contribution >= 4 is 17.2 Å². The highest BCUT2D eigenvalue weighted by Gasteiger charge is 2.59. The van der Waals surface area contributed by atoms with Gasteiger partial charge in [-0.15, -0.1) is 11.3 Å². The molecule has 2 N–H and O–H groups in total. The van der Waals surface area contributed by atoms with Gasteiger partial charge in [-0.05, 0) is 56.7 Å². The monoisotopic (exact) mass is 519 g/mol. The van der Waals surface area contributed by atoms with Crippen molar-refractivity contribution in [2.75, 3.05) is 13.1 Å². The highest BCUT2D eigenvalue weighted by Crippen LogP contribution is 2.48. The molecule has 2 fully saturated rings. The van der Waals surface area contributed by atoms with Gasteiger partial charge in [0.2, 0.25) is 5.88 Å². The zero-order valence-corrected chi connectivity index (χ0v) is 21.5. The fraction of sp³-hybridized carbons (Fsp3) is 0.333. The lowest BCUT2D eigenvalue weighted by Crippen LogP contribution is -2.33. The van der Waals surface area contributed by atoms with Gasteiger partial charge < -0.3 is 19.8 Å². The summed E-state index contributed by atoms with van der Waals surface area (Å²) in [6, 6.07) is 9.99. The average molecular weight is 520 g/mol. The molecule has 0 radical (unpaired) electrons. The number of aryl methyl sites for hydroxylation is 1. The van der Waals surface area contributed by atoms with E-state index in [-0.39, 0.29) is 29.7 Å². The molecule has 2 aliphatic rings. The fourth-order valence-electron chi connectivity index (χ4n) is 4.82. The van der Waals surface area contributed by atoms with E-state index in [0.29, 0.717) is 46.1 Å². The van der Waals surface area contributed by atoms with Gasteiger partial charge in [-0.3, -0.25) is 4.79 Å². The van der Waals surface area contributed by atoms with Crippen LogP contribution < -0.4 is 10.5 Å². The number of carbonyl (C=O) groups excluding carboxylic acids is 1. The van der Waals surface area contributed by atoms with Gasteiger partial charge in [-0.1, -0.05) is 0 Å². The number of piperidine rings is 1. The smallest absolute Gasteiger partial charge is 0.265 e. The van der Waals surface area contributed by atoms with Crippen molar-refractivity contribution in [3.63, 3.8) is 0 Å². The van der Waals surface area contributed by atoms with Crippen molar-refractivity contribution in [2.45, 2.75) is 32.4 Å². The molecule has 1 unspecified atom stereocenters. The molecule has 190 valence electrons. The van der Waals surface area contributed by atoms with E-state index >= 15 is 0 Å². The van der Waals surface area contributed by atoms with Crippen molar-refractivity contribution in [3.05, 3.63) is 70.8 Å². The molecule has 1 saturated carbocycles. The van der Waals surface area contributed by atoms with Gasteiger partial charge in [0.1, 0.15) is 23.1 Å². The molecule has 8 nitrogen and oxygen atoms in total. The second-order valence-electron chi connectivity index (χ2n) is 10.2. The van der Waals surface area contributed by atoms with E-state index in [1.54, 1.807) is 18.3 Å². The Morgan fingerprint density at radius 3 is 2.57 bits per heavy atom. The van der Waals surface area contributed by atoms with Crippen LogP contribution in [0, 0.1) is 24.6 Å². The van der Waals surface area contributed by atoms with Crippen LogP contribution in [-0.4, -0.2) is 45.0 Å². The third-order valence-electron chi connectivity index (χ3n) is 6.95. The van der Waals surface area contributed by atoms with Gasteiger partial charge in [0.05, 0.1) is 17.6 Å². The van der Waals surface area contributed by atoms with E-state index in [0.717, 1.165) is 11.1 Å². The number of amides is 1. The van der Waals surface area contributed by atoms with Crippen LogP contribution in [0.3, 0.4) is 0 Å². The number of hydrogen-bond donors (Lipinski definition) is 1. The van der Waals surface area contributed by atoms with E-state index in [1.807, 2.05) is 37.8 Å². The number of benzene rings is 1. The standard InChI is InChI=1S/C27H26FN5O3S/c1-14-23(37-25(31-14)24-30-8-9-35-24)26(34)33-12-18-19(13-33)22(18)36-21-11-16(27(2,3)29)10-20(32-21)15-4-6-17(28)7-5-15/h4-11,18-19,22H,12-13,29H2,1-3H3/t18-,19+,22?. The SMILES string of the molecule is Cc1nc(-c2ncco2)sc1C(=O)N1C[C@@H]2C(Oc3cc(C(C)(C)N)cc(-c4ccc(F)cc4)n3)[C@@H]2C1. The summed E-state index contributed by atoms with van der Waals surface area (Å²) >= 11 is 1.30. The number of rotatable bonds is 6. The molecule has 1 aliphatic carbocycles. The maximum atomic E-state index is 13.4. The Kier molecular flexibility index (Phi) is 5.61. The van der Waals surface area contributed by atoms with Gasteiger partial charge >= 0.3 is 0 Å². The number of ether oxygens (including phenoxy) is 1. The summed E-state index contributed by atoms with van der Waals surface area (Å²) < 4.78 is 25.1. The Labute approximate surface area is 217 Å². The molecule has 1 aromatic carbocycles. The first-order valence-electron chi connectivity index (χ1n) is 12.1. The quantitative estimate of drug-likeness (QED) is 0.395. The van der Waals surface area contributed by atoms with Gasteiger partial charge in [-0.2, -0.15) is 0 Å². The van der Waals surface area contributed by atoms with Gasteiger partial charge in [0.15, 0.2) is 5.01 Å². The van der Waals surface area contributed by atoms with E-state index in [9.17, 15) is 9.18 Å². The van der Waals surface area contributed by atoms with E-state index < -0.39 is 5.54 Å². The zero-order chi connectivity index (χ0) is 25.9. The molecule has 3 aromatic heterocycles. The molecule has 6 rings (SSSR count). The van der Waals surface area contributed by atoms with Crippen LogP contribution in [0.4, 0.5) is 4.39 Å². The minimum atomic E-state index is -0.602.